The van der Waals surface area contributed by atoms with Crippen molar-refractivity contribution in [2.24, 2.45) is 0 Å². The number of pyridine rings is 1. The molecule has 2 aromatic heterocycles. The molecule has 6 heteroatoms. The van der Waals surface area contributed by atoms with Gasteiger partial charge in [-0.2, -0.15) is 0 Å². The van der Waals surface area contributed by atoms with E-state index in [4.69, 9.17) is 9.97 Å². The van der Waals surface area contributed by atoms with Gasteiger partial charge in [-0.1, -0.05) is 30.3 Å². The van der Waals surface area contributed by atoms with Gasteiger partial charge in [-0.05, 0) is 36.6 Å². The van der Waals surface area contributed by atoms with Crippen LogP contribution in [-0.4, -0.2) is 47.7 Å². The van der Waals surface area contributed by atoms with E-state index in [0.717, 1.165) is 69.0 Å². The molecule has 0 aliphatic carbocycles. The van der Waals surface area contributed by atoms with E-state index in [1.165, 1.54) is 11.1 Å². The summed E-state index contributed by atoms with van der Waals surface area (Å²) in [6.45, 7) is 7.69. The van der Waals surface area contributed by atoms with Gasteiger partial charge in [0.2, 0.25) is 0 Å². The Hall–Kier alpha value is -3.15. The van der Waals surface area contributed by atoms with Crippen molar-refractivity contribution in [1.82, 2.24) is 15.0 Å². The molecule has 3 aromatic rings. The third-order valence-electron chi connectivity index (χ3n) is 5.84. The molecule has 0 unspecified atom stereocenters. The molecule has 1 fully saturated rings. The van der Waals surface area contributed by atoms with Crippen molar-refractivity contribution in [3.05, 3.63) is 71.7 Å². The second kappa shape index (κ2) is 7.70. The molecule has 148 valence electrons. The molecule has 2 aliphatic rings. The van der Waals surface area contributed by atoms with E-state index in [0.29, 0.717) is 0 Å². The fourth-order valence-electron chi connectivity index (χ4n) is 4.26. The molecule has 2 aliphatic heterocycles. The lowest BCUT2D eigenvalue weighted by Gasteiger charge is -2.36. The van der Waals surface area contributed by atoms with Gasteiger partial charge in [0, 0.05) is 51.5 Å². The molecule has 0 amide bonds. The molecule has 29 heavy (non-hydrogen) atoms. The summed E-state index contributed by atoms with van der Waals surface area (Å²) >= 11 is 0. The highest BCUT2D eigenvalue weighted by Gasteiger charge is 2.22. The van der Waals surface area contributed by atoms with Crippen LogP contribution in [0.1, 0.15) is 17.0 Å². The fraction of sp³-hybridized carbons (Fsp3) is 0.348. The van der Waals surface area contributed by atoms with Crippen LogP contribution in [0.15, 0.2) is 54.7 Å². The van der Waals surface area contributed by atoms with Crippen LogP contribution in [0.2, 0.25) is 0 Å². The fourth-order valence-corrected chi connectivity index (χ4v) is 4.26. The number of piperazine rings is 1. The van der Waals surface area contributed by atoms with Gasteiger partial charge in [0.15, 0.2) is 0 Å². The predicted octanol–water partition coefficient (Wildman–Crippen LogP) is 3.07. The third kappa shape index (κ3) is 3.75. The van der Waals surface area contributed by atoms with Crippen LogP contribution in [0.25, 0.3) is 0 Å². The van der Waals surface area contributed by atoms with E-state index >= 15 is 0 Å². The Bertz CT molecular complexity index is 982. The Labute approximate surface area is 171 Å². The van der Waals surface area contributed by atoms with Crippen molar-refractivity contribution < 1.29 is 0 Å². The normalized spacial score (nSPS) is 16.7. The Morgan fingerprint density at radius 2 is 1.34 bits per heavy atom. The zero-order valence-electron chi connectivity index (χ0n) is 16.8. The van der Waals surface area contributed by atoms with Crippen LogP contribution in [0.3, 0.4) is 0 Å². The Morgan fingerprint density at radius 3 is 2.07 bits per heavy atom. The molecule has 4 heterocycles. The molecule has 0 bridgehead atoms. The molecule has 6 nitrogen and oxygen atoms in total. The Morgan fingerprint density at radius 1 is 0.690 bits per heavy atom. The molecule has 1 aromatic carbocycles. The molecule has 0 radical (unpaired) electrons. The Kier molecular flexibility index (Phi) is 4.76. The first-order valence-electron chi connectivity index (χ1n) is 10.3. The first kappa shape index (κ1) is 17.9. The number of nitrogens with zero attached hydrogens (tertiary/aromatic N) is 6. The minimum absolute atomic E-state index is 0.837. The number of aromatic nitrogens is 3. The van der Waals surface area contributed by atoms with E-state index in [9.17, 15) is 0 Å². The molecule has 0 saturated carbocycles. The minimum atomic E-state index is 0.837. The van der Waals surface area contributed by atoms with Gasteiger partial charge >= 0.3 is 0 Å². The minimum Gasteiger partial charge on any atom is -0.353 e. The summed E-state index contributed by atoms with van der Waals surface area (Å²) in [4.78, 5) is 21.1. The van der Waals surface area contributed by atoms with Crippen molar-refractivity contribution in [1.29, 1.82) is 0 Å². The largest absolute Gasteiger partial charge is 0.353 e. The summed E-state index contributed by atoms with van der Waals surface area (Å²) < 4.78 is 0. The van der Waals surface area contributed by atoms with E-state index in [1.807, 2.05) is 25.3 Å². The second-order valence-electron chi connectivity index (χ2n) is 7.73. The van der Waals surface area contributed by atoms with Crippen LogP contribution in [0.4, 0.5) is 17.5 Å². The van der Waals surface area contributed by atoms with Gasteiger partial charge in [-0.3, -0.25) is 0 Å². The van der Waals surface area contributed by atoms with Crippen LogP contribution in [0, 0.1) is 6.92 Å². The highest BCUT2D eigenvalue weighted by molar-refractivity contribution is 5.54. The summed E-state index contributed by atoms with van der Waals surface area (Å²) in [5, 5.41) is 0. The Balaban J connectivity index is 1.32. The monoisotopic (exact) mass is 386 g/mol. The molecule has 5 rings (SSSR count). The van der Waals surface area contributed by atoms with E-state index in [1.54, 1.807) is 0 Å². The van der Waals surface area contributed by atoms with Gasteiger partial charge in [-0.25, -0.2) is 15.0 Å². The smallest absolute Gasteiger partial charge is 0.134 e. The van der Waals surface area contributed by atoms with Gasteiger partial charge in [0.1, 0.15) is 23.3 Å². The number of aryl methyl sites for hydroxylation is 1. The van der Waals surface area contributed by atoms with E-state index < -0.39 is 0 Å². The quantitative estimate of drug-likeness (QED) is 0.690. The summed E-state index contributed by atoms with van der Waals surface area (Å²) in [6.07, 6.45) is 2.93. The zero-order valence-corrected chi connectivity index (χ0v) is 16.8. The lowest BCUT2D eigenvalue weighted by Crippen LogP contribution is -2.47. The van der Waals surface area contributed by atoms with E-state index in [-0.39, 0.29) is 0 Å². The highest BCUT2D eigenvalue weighted by Crippen LogP contribution is 2.26. The molecular weight excluding hydrogens is 360 g/mol. The predicted molar refractivity (Wildman–Crippen MR) is 117 cm³/mol. The summed E-state index contributed by atoms with van der Waals surface area (Å²) in [6, 6.07) is 17.0. The summed E-state index contributed by atoms with van der Waals surface area (Å²) in [7, 11) is 0. The molecule has 0 atom stereocenters. The lowest BCUT2D eigenvalue weighted by molar-refractivity contribution is 0.638. The number of anilines is 3. The third-order valence-corrected chi connectivity index (χ3v) is 5.84. The van der Waals surface area contributed by atoms with Crippen molar-refractivity contribution in [3.63, 3.8) is 0 Å². The van der Waals surface area contributed by atoms with Gasteiger partial charge < -0.3 is 14.7 Å². The van der Waals surface area contributed by atoms with Gasteiger partial charge in [-0.15, -0.1) is 0 Å². The van der Waals surface area contributed by atoms with Gasteiger partial charge in [0.05, 0.1) is 0 Å². The molecule has 0 N–H and O–H groups in total. The number of rotatable bonds is 3. The van der Waals surface area contributed by atoms with Gasteiger partial charge in [0.25, 0.3) is 0 Å². The average molecular weight is 387 g/mol. The number of hydrogen-bond donors (Lipinski definition) is 0. The van der Waals surface area contributed by atoms with Crippen molar-refractivity contribution in [2.75, 3.05) is 47.4 Å². The maximum absolute atomic E-state index is 4.76. The highest BCUT2D eigenvalue weighted by atomic mass is 15.3. The van der Waals surface area contributed by atoms with Crippen molar-refractivity contribution >= 4 is 17.5 Å². The molecular formula is C23H26N6. The van der Waals surface area contributed by atoms with Crippen molar-refractivity contribution in [2.45, 2.75) is 19.9 Å². The topological polar surface area (TPSA) is 48.4 Å². The lowest BCUT2D eigenvalue weighted by atomic mass is 10.00. The SMILES string of the molecule is Cc1nc(N2CCN(c3ccccn3)CC2)cc(N2CCc3ccccc3C2)n1. The summed E-state index contributed by atoms with van der Waals surface area (Å²) in [5.74, 6) is 3.96. The zero-order chi connectivity index (χ0) is 19.6. The standard InChI is InChI=1S/C23H26N6/c1-18-25-22(28-14-12-27(13-15-28)21-8-4-5-10-24-21)16-23(26-18)29-11-9-19-6-2-3-7-20(19)17-29/h2-8,10,16H,9,11-15,17H2,1H3. The summed E-state index contributed by atoms with van der Waals surface area (Å²) in [5.41, 5.74) is 2.86. The van der Waals surface area contributed by atoms with Crippen LogP contribution < -0.4 is 14.7 Å². The number of benzene rings is 1. The van der Waals surface area contributed by atoms with Crippen LogP contribution in [-0.2, 0) is 13.0 Å². The number of hydrogen-bond acceptors (Lipinski definition) is 6. The first-order chi connectivity index (χ1) is 14.3. The van der Waals surface area contributed by atoms with Crippen LogP contribution >= 0.6 is 0 Å². The maximum Gasteiger partial charge on any atom is 0.134 e. The van der Waals surface area contributed by atoms with Crippen LogP contribution in [0.5, 0.6) is 0 Å². The van der Waals surface area contributed by atoms with E-state index in [2.05, 4.69) is 56.1 Å². The average Bonchev–Trinajstić information content (AvgIpc) is 2.79. The number of fused-ring (bicyclic) bond motifs is 1. The second-order valence-corrected chi connectivity index (χ2v) is 7.73. The molecule has 0 spiro atoms. The molecule has 1 saturated heterocycles. The maximum atomic E-state index is 4.76. The first-order valence-corrected chi connectivity index (χ1v) is 10.3. The van der Waals surface area contributed by atoms with Crippen molar-refractivity contribution in [3.8, 4) is 0 Å².